The number of amides is 4. The number of imide groups is 1. The van der Waals surface area contributed by atoms with Gasteiger partial charge in [-0.1, -0.05) is 30.3 Å². The molecule has 3 atom stereocenters. The molecular formula is C16H19N3O4. The van der Waals surface area contributed by atoms with Crippen molar-refractivity contribution in [3.63, 3.8) is 0 Å². The highest BCUT2D eigenvalue weighted by Gasteiger charge is 2.35. The van der Waals surface area contributed by atoms with Gasteiger partial charge < -0.3 is 15.0 Å². The van der Waals surface area contributed by atoms with Gasteiger partial charge in [-0.15, -0.1) is 0 Å². The molecule has 122 valence electrons. The Hall–Kier alpha value is -2.41. The molecule has 2 N–H and O–H groups in total. The minimum absolute atomic E-state index is 0.0359. The summed E-state index contributed by atoms with van der Waals surface area (Å²) in [7, 11) is 0. The van der Waals surface area contributed by atoms with Gasteiger partial charge >= 0.3 is 6.03 Å². The Balaban J connectivity index is 1.66. The Kier molecular flexibility index (Phi) is 4.29. The normalized spacial score (nSPS) is 27.5. The van der Waals surface area contributed by atoms with Gasteiger partial charge in [-0.05, 0) is 12.5 Å². The van der Waals surface area contributed by atoms with E-state index in [2.05, 4.69) is 10.6 Å². The van der Waals surface area contributed by atoms with E-state index < -0.39 is 18.0 Å². The molecule has 0 spiro atoms. The van der Waals surface area contributed by atoms with E-state index in [0.717, 1.165) is 5.56 Å². The number of hydrogen-bond donors (Lipinski definition) is 2. The SMILES string of the molecule is CC1CN(C(=O)CC2NC(=O)NC2=O)CC(c2ccccc2)O1. The van der Waals surface area contributed by atoms with Crippen molar-refractivity contribution in [2.45, 2.75) is 31.6 Å². The highest BCUT2D eigenvalue weighted by molar-refractivity contribution is 6.05. The van der Waals surface area contributed by atoms with Crippen molar-refractivity contribution in [2.24, 2.45) is 0 Å². The highest BCUT2D eigenvalue weighted by atomic mass is 16.5. The molecule has 7 nitrogen and oxygen atoms in total. The Morgan fingerprint density at radius 2 is 2.00 bits per heavy atom. The lowest BCUT2D eigenvalue weighted by atomic mass is 10.1. The van der Waals surface area contributed by atoms with Crippen LogP contribution in [-0.4, -0.2) is 48.0 Å². The second-order valence-electron chi connectivity index (χ2n) is 5.86. The summed E-state index contributed by atoms with van der Waals surface area (Å²) >= 11 is 0. The van der Waals surface area contributed by atoms with Crippen LogP contribution in [-0.2, 0) is 14.3 Å². The fourth-order valence-corrected chi connectivity index (χ4v) is 2.91. The third-order valence-corrected chi connectivity index (χ3v) is 4.02. The van der Waals surface area contributed by atoms with Gasteiger partial charge in [0.15, 0.2) is 0 Å². The average Bonchev–Trinajstić information content (AvgIpc) is 2.85. The summed E-state index contributed by atoms with van der Waals surface area (Å²) in [6, 6.07) is 8.39. The van der Waals surface area contributed by atoms with Gasteiger partial charge in [0.25, 0.3) is 5.91 Å². The standard InChI is InChI=1S/C16H19N3O4/c1-10-8-19(9-13(23-10)11-5-3-2-4-6-11)14(20)7-12-15(21)18-16(22)17-12/h2-6,10,12-13H,7-9H2,1H3,(H2,17,18,21,22). The fraction of sp³-hybridized carbons (Fsp3) is 0.438. The van der Waals surface area contributed by atoms with Crippen LogP contribution < -0.4 is 10.6 Å². The second kappa shape index (κ2) is 6.37. The summed E-state index contributed by atoms with van der Waals surface area (Å²) in [5.41, 5.74) is 1.02. The van der Waals surface area contributed by atoms with E-state index in [4.69, 9.17) is 4.74 Å². The molecule has 7 heteroatoms. The molecule has 23 heavy (non-hydrogen) atoms. The Morgan fingerprint density at radius 3 is 2.65 bits per heavy atom. The van der Waals surface area contributed by atoms with E-state index in [9.17, 15) is 14.4 Å². The Bertz CT molecular complexity index is 619. The van der Waals surface area contributed by atoms with Crippen molar-refractivity contribution < 1.29 is 19.1 Å². The summed E-state index contributed by atoms with van der Waals surface area (Å²) in [4.78, 5) is 36.9. The zero-order chi connectivity index (χ0) is 16.4. The molecule has 0 aliphatic carbocycles. The number of rotatable bonds is 3. The van der Waals surface area contributed by atoms with Gasteiger partial charge in [-0.25, -0.2) is 4.79 Å². The zero-order valence-electron chi connectivity index (χ0n) is 12.8. The molecule has 0 bridgehead atoms. The number of urea groups is 1. The quantitative estimate of drug-likeness (QED) is 0.798. The molecule has 3 rings (SSSR count). The first-order valence-corrected chi connectivity index (χ1v) is 7.62. The van der Waals surface area contributed by atoms with Crippen molar-refractivity contribution in [1.29, 1.82) is 0 Å². The van der Waals surface area contributed by atoms with E-state index in [-0.39, 0.29) is 24.5 Å². The maximum absolute atomic E-state index is 12.5. The molecule has 1 aromatic rings. The van der Waals surface area contributed by atoms with Crippen molar-refractivity contribution in [1.82, 2.24) is 15.5 Å². The van der Waals surface area contributed by atoms with E-state index in [1.807, 2.05) is 37.3 Å². The van der Waals surface area contributed by atoms with Gasteiger partial charge in [0, 0.05) is 6.54 Å². The Morgan fingerprint density at radius 1 is 1.26 bits per heavy atom. The molecule has 2 fully saturated rings. The monoisotopic (exact) mass is 317 g/mol. The van der Waals surface area contributed by atoms with E-state index in [1.54, 1.807) is 4.90 Å². The maximum Gasteiger partial charge on any atom is 0.322 e. The molecule has 2 heterocycles. The topological polar surface area (TPSA) is 87.7 Å². The number of carbonyl (C=O) groups excluding carboxylic acids is 3. The van der Waals surface area contributed by atoms with Crippen molar-refractivity contribution in [3.8, 4) is 0 Å². The molecule has 2 saturated heterocycles. The van der Waals surface area contributed by atoms with Crippen LogP contribution in [0.3, 0.4) is 0 Å². The smallest absolute Gasteiger partial charge is 0.322 e. The lowest BCUT2D eigenvalue weighted by molar-refractivity contribution is -0.146. The van der Waals surface area contributed by atoms with Gasteiger partial charge in [0.1, 0.15) is 12.1 Å². The molecule has 0 radical (unpaired) electrons. The number of nitrogens with zero attached hydrogens (tertiary/aromatic N) is 1. The predicted molar refractivity (Wildman–Crippen MR) is 81.4 cm³/mol. The van der Waals surface area contributed by atoms with Gasteiger partial charge in [0.05, 0.1) is 19.1 Å². The van der Waals surface area contributed by atoms with Crippen molar-refractivity contribution in [2.75, 3.05) is 13.1 Å². The molecule has 0 saturated carbocycles. The summed E-state index contributed by atoms with van der Waals surface area (Å²) in [6.07, 6.45) is -0.313. The molecule has 3 unspecified atom stereocenters. The largest absolute Gasteiger partial charge is 0.367 e. The first kappa shape index (κ1) is 15.5. The summed E-state index contributed by atoms with van der Waals surface area (Å²) in [6.45, 7) is 2.83. The minimum Gasteiger partial charge on any atom is -0.367 e. The predicted octanol–water partition coefficient (Wildman–Crippen LogP) is 0.573. The molecule has 0 aromatic heterocycles. The molecule has 4 amide bonds. The first-order chi connectivity index (χ1) is 11.0. The number of hydrogen-bond acceptors (Lipinski definition) is 4. The van der Waals surface area contributed by atoms with Crippen LogP contribution in [0.5, 0.6) is 0 Å². The van der Waals surface area contributed by atoms with E-state index >= 15 is 0 Å². The van der Waals surface area contributed by atoms with Crippen LogP contribution >= 0.6 is 0 Å². The average molecular weight is 317 g/mol. The van der Waals surface area contributed by atoms with Gasteiger partial charge in [-0.2, -0.15) is 0 Å². The third-order valence-electron chi connectivity index (χ3n) is 4.02. The summed E-state index contributed by atoms with van der Waals surface area (Å²) in [5, 5.41) is 4.58. The van der Waals surface area contributed by atoms with Crippen LogP contribution in [0.15, 0.2) is 30.3 Å². The van der Waals surface area contributed by atoms with Crippen LogP contribution in [0.25, 0.3) is 0 Å². The van der Waals surface area contributed by atoms with Crippen molar-refractivity contribution >= 4 is 17.8 Å². The van der Waals surface area contributed by atoms with Gasteiger partial charge in [0.2, 0.25) is 5.91 Å². The lowest BCUT2D eigenvalue weighted by Gasteiger charge is -2.37. The number of carbonyl (C=O) groups is 3. The number of benzene rings is 1. The summed E-state index contributed by atoms with van der Waals surface area (Å²) < 4.78 is 5.92. The molecule has 2 aliphatic heterocycles. The number of morpholine rings is 1. The number of nitrogens with one attached hydrogen (secondary N) is 2. The highest BCUT2D eigenvalue weighted by Crippen LogP contribution is 2.25. The fourth-order valence-electron chi connectivity index (χ4n) is 2.91. The van der Waals surface area contributed by atoms with Crippen LogP contribution in [0.1, 0.15) is 25.0 Å². The van der Waals surface area contributed by atoms with Crippen LogP contribution in [0.2, 0.25) is 0 Å². The van der Waals surface area contributed by atoms with Gasteiger partial charge in [-0.3, -0.25) is 14.9 Å². The molecule has 2 aliphatic rings. The van der Waals surface area contributed by atoms with E-state index in [0.29, 0.717) is 13.1 Å². The van der Waals surface area contributed by atoms with E-state index in [1.165, 1.54) is 0 Å². The van der Waals surface area contributed by atoms with Crippen LogP contribution in [0.4, 0.5) is 4.79 Å². The molecular weight excluding hydrogens is 298 g/mol. The molecule has 1 aromatic carbocycles. The third kappa shape index (κ3) is 3.50. The second-order valence-corrected chi connectivity index (χ2v) is 5.86. The maximum atomic E-state index is 12.5. The summed E-state index contributed by atoms with van der Waals surface area (Å²) in [5.74, 6) is -0.618. The van der Waals surface area contributed by atoms with Crippen LogP contribution in [0, 0.1) is 0 Å². The first-order valence-electron chi connectivity index (χ1n) is 7.62. The number of ether oxygens (including phenoxy) is 1. The lowest BCUT2D eigenvalue weighted by Crippen LogP contribution is -2.48. The Labute approximate surface area is 134 Å². The zero-order valence-corrected chi connectivity index (χ0v) is 12.8. The minimum atomic E-state index is -0.789. The van der Waals surface area contributed by atoms with Crippen molar-refractivity contribution in [3.05, 3.63) is 35.9 Å².